The number of hydrogen-bond donors (Lipinski definition) is 1. The van der Waals surface area contributed by atoms with Crippen molar-refractivity contribution in [3.05, 3.63) is 94.0 Å². The van der Waals surface area contributed by atoms with E-state index in [0.717, 1.165) is 33.8 Å². The van der Waals surface area contributed by atoms with E-state index < -0.39 is 0 Å². The summed E-state index contributed by atoms with van der Waals surface area (Å²) in [6, 6.07) is 25.3. The van der Waals surface area contributed by atoms with Crippen molar-refractivity contribution in [3.63, 3.8) is 0 Å². The number of anilines is 1. The monoisotopic (exact) mass is 463 g/mol. The molecule has 0 aliphatic carbocycles. The van der Waals surface area contributed by atoms with Gasteiger partial charge in [0.05, 0.1) is 11.7 Å². The highest BCUT2D eigenvalue weighted by molar-refractivity contribution is 9.10. The summed E-state index contributed by atoms with van der Waals surface area (Å²) in [4.78, 5) is 9.49. The molecule has 1 atom stereocenters. The molecule has 1 aliphatic rings. The van der Waals surface area contributed by atoms with E-state index in [1.54, 1.807) is 0 Å². The molecule has 0 fully saturated rings. The maximum absolute atomic E-state index is 9.57. The lowest BCUT2D eigenvalue weighted by molar-refractivity contribution is 0.254. The summed E-state index contributed by atoms with van der Waals surface area (Å²) >= 11 is 3.63. The Labute approximate surface area is 186 Å². The summed E-state index contributed by atoms with van der Waals surface area (Å²) in [5.74, 6) is 0.942. The third-order valence-electron chi connectivity index (χ3n) is 5.41. The Morgan fingerprint density at radius 2 is 1.73 bits per heavy atom. The first kappa shape index (κ1) is 20.6. The second-order valence-corrected chi connectivity index (χ2v) is 8.58. The first-order valence-electron chi connectivity index (χ1n) is 10.2. The van der Waals surface area contributed by atoms with Crippen LogP contribution in [0.4, 0.5) is 11.4 Å². The third kappa shape index (κ3) is 4.13. The molecule has 0 radical (unpaired) electrons. The van der Waals surface area contributed by atoms with Gasteiger partial charge in [-0.3, -0.25) is 0 Å². The van der Waals surface area contributed by atoms with Crippen LogP contribution >= 0.6 is 15.9 Å². The Morgan fingerprint density at radius 3 is 2.40 bits per heavy atom. The quantitative estimate of drug-likeness (QED) is 0.533. The van der Waals surface area contributed by atoms with Crippen LogP contribution in [-0.2, 0) is 0 Å². The molecule has 0 saturated heterocycles. The number of fused-ring (bicyclic) bond motifs is 1. The highest BCUT2D eigenvalue weighted by Gasteiger charge is 2.31. The molecule has 0 spiro atoms. The van der Waals surface area contributed by atoms with Crippen LogP contribution in [0.5, 0.6) is 0 Å². The Bertz CT molecular complexity index is 1030. The zero-order valence-corrected chi connectivity index (χ0v) is 18.9. The fraction of sp³-hybridized carbons (Fsp3) is 0.240. The second-order valence-electron chi connectivity index (χ2n) is 7.66. The van der Waals surface area contributed by atoms with E-state index in [0.29, 0.717) is 6.42 Å². The van der Waals surface area contributed by atoms with Gasteiger partial charge in [-0.2, -0.15) is 0 Å². The van der Waals surface area contributed by atoms with Crippen LogP contribution < -0.4 is 4.90 Å². The van der Waals surface area contributed by atoms with Crippen molar-refractivity contribution in [2.24, 2.45) is 4.99 Å². The Kier molecular flexibility index (Phi) is 6.21. The van der Waals surface area contributed by atoms with Gasteiger partial charge < -0.3 is 14.9 Å². The number of halogens is 1. The highest BCUT2D eigenvalue weighted by Crippen LogP contribution is 2.41. The fourth-order valence-electron chi connectivity index (χ4n) is 3.92. The van der Waals surface area contributed by atoms with Crippen LogP contribution in [0.1, 0.15) is 29.2 Å². The van der Waals surface area contributed by atoms with Crippen molar-refractivity contribution >= 4 is 33.1 Å². The van der Waals surface area contributed by atoms with Crippen LogP contribution in [0.2, 0.25) is 0 Å². The van der Waals surface area contributed by atoms with E-state index in [1.165, 1.54) is 11.1 Å². The average Bonchev–Trinajstić information content (AvgIpc) is 2.77. The fourth-order valence-corrected chi connectivity index (χ4v) is 4.30. The van der Waals surface area contributed by atoms with Crippen molar-refractivity contribution in [2.45, 2.75) is 12.5 Å². The average molecular weight is 464 g/mol. The molecule has 0 saturated carbocycles. The molecule has 1 unspecified atom stereocenters. The van der Waals surface area contributed by atoms with Gasteiger partial charge in [0.25, 0.3) is 0 Å². The summed E-state index contributed by atoms with van der Waals surface area (Å²) in [6.45, 7) is 0.868. The van der Waals surface area contributed by atoms with Gasteiger partial charge in [-0.25, -0.2) is 4.99 Å². The topological polar surface area (TPSA) is 39.1 Å². The number of aliphatic imine (C=N–C) groups is 1. The molecule has 4 rings (SSSR count). The molecular formula is C25H26BrN3O. The highest BCUT2D eigenvalue weighted by atomic mass is 79.9. The normalized spacial score (nSPS) is 15.5. The molecule has 1 heterocycles. The number of aliphatic hydroxyl groups is 1. The van der Waals surface area contributed by atoms with E-state index in [2.05, 4.69) is 86.4 Å². The maximum Gasteiger partial charge on any atom is 0.137 e. The van der Waals surface area contributed by atoms with Gasteiger partial charge in [-0.1, -0.05) is 46.3 Å². The zero-order chi connectivity index (χ0) is 21.1. The third-order valence-corrected chi connectivity index (χ3v) is 5.90. The summed E-state index contributed by atoms with van der Waals surface area (Å²) in [6.07, 6.45) is 0.682. The van der Waals surface area contributed by atoms with Gasteiger partial charge in [-0.05, 0) is 54.4 Å². The number of benzene rings is 3. The van der Waals surface area contributed by atoms with Crippen LogP contribution in [-0.4, -0.2) is 43.1 Å². The summed E-state index contributed by atoms with van der Waals surface area (Å²) in [5, 5.41) is 9.57. The zero-order valence-electron chi connectivity index (χ0n) is 17.3. The Balaban J connectivity index is 1.87. The number of aliphatic hydroxyl groups excluding tert-OH is 1. The standard InChI is InChI=1S/C25H26BrN3O/c1-28(2)21-12-9-19(10-13-21)25-27-23-14-11-20(26)17-22(23)24(29(25)15-6-16-30)18-7-4-3-5-8-18/h3-5,7-14,17,24,30H,6,15-16H2,1-2H3. The lowest BCUT2D eigenvalue weighted by atomic mass is 9.92. The molecule has 0 bridgehead atoms. The van der Waals surface area contributed by atoms with Crippen LogP contribution in [0, 0.1) is 0 Å². The van der Waals surface area contributed by atoms with E-state index in [9.17, 15) is 5.11 Å². The Hall–Kier alpha value is -2.63. The minimum absolute atomic E-state index is 0.0336. The smallest absolute Gasteiger partial charge is 0.137 e. The molecule has 0 amide bonds. The minimum Gasteiger partial charge on any atom is -0.396 e. The number of nitrogens with zero attached hydrogens (tertiary/aromatic N) is 3. The SMILES string of the molecule is CN(C)c1ccc(C2=Nc3ccc(Br)cc3C(c3ccccc3)N2CCCO)cc1. The van der Waals surface area contributed by atoms with E-state index in [1.807, 2.05) is 26.2 Å². The van der Waals surface area contributed by atoms with Crippen molar-refractivity contribution in [1.82, 2.24) is 4.90 Å². The van der Waals surface area contributed by atoms with Gasteiger partial charge in [-0.15, -0.1) is 0 Å². The van der Waals surface area contributed by atoms with Gasteiger partial charge in [0.15, 0.2) is 0 Å². The number of rotatable bonds is 6. The molecule has 30 heavy (non-hydrogen) atoms. The van der Waals surface area contributed by atoms with E-state index in [-0.39, 0.29) is 12.6 Å². The molecule has 5 heteroatoms. The van der Waals surface area contributed by atoms with Crippen molar-refractivity contribution in [3.8, 4) is 0 Å². The van der Waals surface area contributed by atoms with Crippen LogP contribution in [0.15, 0.2) is 82.3 Å². The molecule has 3 aromatic rings. The van der Waals surface area contributed by atoms with Gasteiger partial charge in [0.2, 0.25) is 0 Å². The molecule has 1 N–H and O–H groups in total. The Morgan fingerprint density at radius 1 is 1.00 bits per heavy atom. The molecule has 1 aliphatic heterocycles. The van der Waals surface area contributed by atoms with Crippen molar-refractivity contribution < 1.29 is 5.11 Å². The van der Waals surface area contributed by atoms with Crippen LogP contribution in [0.25, 0.3) is 0 Å². The predicted molar refractivity (Wildman–Crippen MR) is 128 cm³/mol. The number of hydrogen-bond acceptors (Lipinski definition) is 4. The minimum atomic E-state index is 0.0336. The number of amidine groups is 1. The second kappa shape index (κ2) is 9.02. The summed E-state index contributed by atoms with van der Waals surface area (Å²) in [7, 11) is 4.08. The van der Waals surface area contributed by atoms with Gasteiger partial charge in [0, 0.05) is 48.5 Å². The van der Waals surface area contributed by atoms with Crippen molar-refractivity contribution in [2.75, 3.05) is 32.1 Å². The maximum atomic E-state index is 9.57. The van der Waals surface area contributed by atoms with Gasteiger partial charge >= 0.3 is 0 Å². The first-order valence-corrected chi connectivity index (χ1v) is 11.0. The molecule has 154 valence electrons. The largest absolute Gasteiger partial charge is 0.396 e. The first-order chi connectivity index (χ1) is 14.6. The van der Waals surface area contributed by atoms with E-state index >= 15 is 0 Å². The van der Waals surface area contributed by atoms with E-state index in [4.69, 9.17) is 4.99 Å². The molecular weight excluding hydrogens is 438 g/mol. The molecule has 4 nitrogen and oxygen atoms in total. The molecule has 3 aromatic carbocycles. The molecule has 0 aromatic heterocycles. The predicted octanol–water partition coefficient (Wildman–Crippen LogP) is 5.38. The van der Waals surface area contributed by atoms with Gasteiger partial charge in [0.1, 0.15) is 5.84 Å². The summed E-state index contributed by atoms with van der Waals surface area (Å²) < 4.78 is 1.04. The lowest BCUT2D eigenvalue weighted by Gasteiger charge is -2.39. The van der Waals surface area contributed by atoms with Crippen molar-refractivity contribution in [1.29, 1.82) is 0 Å². The lowest BCUT2D eigenvalue weighted by Crippen LogP contribution is -2.39. The van der Waals surface area contributed by atoms with Crippen LogP contribution in [0.3, 0.4) is 0 Å². The summed E-state index contributed by atoms with van der Waals surface area (Å²) in [5.41, 5.74) is 5.60.